The molecule has 5 heteroatoms. The predicted molar refractivity (Wildman–Crippen MR) is 234 cm³/mol. The minimum atomic E-state index is 1.14. The maximum Gasteiger partial charge on any atom is 0.0476 e. The molecule has 0 aliphatic carbocycles. The van der Waals surface area contributed by atoms with Crippen LogP contribution in [0.5, 0.6) is 0 Å². The van der Waals surface area contributed by atoms with Gasteiger partial charge in [-0.15, -0.1) is 34.0 Å². The van der Waals surface area contributed by atoms with E-state index in [-0.39, 0.29) is 0 Å². The average molecular weight is 731 g/mol. The standard InChI is InChI=1S/C48H30N2S3/c1-3-11-31(12-4-1)49(33-20-24-45-40(27-33)37-15-7-9-17-43(37)51-45)34-22-26-47-42(29-34)39-23-19-36(30-48(39)53-47)50(32-13-5-2-6-14-32)35-21-25-46-41(28-35)38-16-8-10-18-44(38)52-46/h1-30H. The molecule has 0 amide bonds. The molecule has 0 radical (unpaired) electrons. The van der Waals surface area contributed by atoms with Crippen molar-refractivity contribution in [2.45, 2.75) is 0 Å². The number of nitrogens with zero attached hydrogens (tertiary/aromatic N) is 2. The van der Waals surface area contributed by atoms with E-state index in [1.54, 1.807) is 0 Å². The number of benzene rings is 8. The fourth-order valence-corrected chi connectivity index (χ4v) is 11.1. The van der Waals surface area contributed by atoms with Crippen LogP contribution in [0.15, 0.2) is 182 Å². The SMILES string of the molecule is c1ccc(N(c2ccc3c(c2)sc2ccc(N(c4ccccc4)c4ccc5sc6ccccc6c5c4)cc23)c2ccc3sc4ccccc4c3c2)cc1. The van der Waals surface area contributed by atoms with Gasteiger partial charge in [-0.25, -0.2) is 0 Å². The molecule has 11 rings (SSSR count). The van der Waals surface area contributed by atoms with Crippen molar-refractivity contribution in [3.05, 3.63) is 182 Å². The Hall–Kier alpha value is -5.98. The molecule has 0 spiro atoms. The van der Waals surface area contributed by atoms with Gasteiger partial charge in [-0.05, 0) is 103 Å². The van der Waals surface area contributed by atoms with Gasteiger partial charge in [0, 0.05) is 94.6 Å². The van der Waals surface area contributed by atoms with Crippen LogP contribution >= 0.6 is 34.0 Å². The summed E-state index contributed by atoms with van der Waals surface area (Å²) in [6, 6.07) is 66.7. The van der Waals surface area contributed by atoms with Crippen molar-refractivity contribution in [3.63, 3.8) is 0 Å². The van der Waals surface area contributed by atoms with Gasteiger partial charge in [-0.1, -0.05) is 78.9 Å². The second kappa shape index (κ2) is 12.3. The van der Waals surface area contributed by atoms with Gasteiger partial charge in [0.15, 0.2) is 0 Å². The van der Waals surface area contributed by atoms with Crippen molar-refractivity contribution in [2.75, 3.05) is 9.80 Å². The maximum atomic E-state index is 2.39. The summed E-state index contributed by atoms with van der Waals surface area (Å²) in [5.74, 6) is 0. The third-order valence-corrected chi connectivity index (χ3v) is 13.7. The Kier molecular flexibility index (Phi) is 7.12. The molecule has 2 nitrogen and oxygen atoms in total. The van der Waals surface area contributed by atoms with Crippen molar-refractivity contribution in [1.29, 1.82) is 0 Å². The van der Waals surface area contributed by atoms with Crippen LogP contribution in [0, 0.1) is 0 Å². The second-order valence-electron chi connectivity index (χ2n) is 13.4. The molecule has 0 saturated carbocycles. The average Bonchev–Trinajstić information content (AvgIpc) is 3.89. The summed E-state index contributed by atoms with van der Waals surface area (Å²) in [6.07, 6.45) is 0. The fraction of sp³-hybridized carbons (Fsp3) is 0. The molecule has 0 unspecified atom stereocenters. The van der Waals surface area contributed by atoms with Crippen LogP contribution in [0.1, 0.15) is 0 Å². The van der Waals surface area contributed by atoms with Gasteiger partial charge >= 0.3 is 0 Å². The molecule has 11 aromatic rings. The number of fused-ring (bicyclic) bond motifs is 9. The number of thiophene rings is 3. The molecule has 53 heavy (non-hydrogen) atoms. The molecule has 0 N–H and O–H groups in total. The monoisotopic (exact) mass is 730 g/mol. The Morgan fingerprint density at radius 3 is 1.04 bits per heavy atom. The largest absolute Gasteiger partial charge is 0.310 e. The molecule has 0 aliphatic heterocycles. The van der Waals surface area contributed by atoms with Crippen LogP contribution in [-0.2, 0) is 0 Å². The molecule has 0 saturated heterocycles. The zero-order chi connectivity index (χ0) is 34.9. The topological polar surface area (TPSA) is 6.48 Å². The van der Waals surface area contributed by atoms with Gasteiger partial charge in [0.25, 0.3) is 0 Å². The first kappa shape index (κ1) is 30.6. The maximum absolute atomic E-state index is 2.39. The van der Waals surface area contributed by atoms with E-state index in [0.717, 1.165) is 34.1 Å². The lowest BCUT2D eigenvalue weighted by Gasteiger charge is -2.26. The summed E-state index contributed by atoms with van der Waals surface area (Å²) in [5, 5.41) is 7.77. The highest BCUT2D eigenvalue weighted by molar-refractivity contribution is 7.26. The van der Waals surface area contributed by atoms with Crippen LogP contribution in [0.3, 0.4) is 0 Å². The molecule has 0 atom stereocenters. The van der Waals surface area contributed by atoms with Gasteiger partial charge < -0.3 is 9.80 Å². The highest BCUT2D eigenvalue weighted by atomic mass is 32.1. The zero-order valence-electron chi connectivity index (χ0n) is 28.4. The van der Waals surface area contributed by atoms with Crippen molar-refractivity contribution in [1.82, 2.24) is 0 Å². The number of rotatable bonds is 6. The number of para-hydroxylation sites is 2. The van der Waals surface area contributed by atoms with E-state index in [1.165, 1.54) is 60.5 Å². The Morgan fingerprint density at radius 2 is 0.566 bits per heavy atom. The minimum absolute atomic E-state index is 1.14. The van der Waals surface area contributed by atoms with Crippen molar-refractivity contribution in [3.8, 4) is 0 Å². The predicted octanol–water partition coefficient (Wildman–Crippen LogP) is 15.7. The van der Waals surface area contributed by atoms with E-state index in [1.807, 2.05) is 34.0 Å². The fourth-order valence-electron chi connectivity index (χ4n) is 7.79. The quantitative estimate of drug-likeness (QED) is 0.168. The molecule has 250 valence electrons. The third-order valence-electron chi connectivity index (χ3n) is 10.2. The Balaban J connectivity index is 1.05. The molecular weight excluding hydrogens is 701 g/mol. The number of anilines is 6. The lowest BCUT2D eigenvalue weighted by Crippen LogP contribution is -2.09. The molecule has 3 aromatic heterocycles. The van der Waals surface area contributed by atoms with Crippen LogP contribution in [0.2, 0.25) is 0 Å². The van der Waals surface area contributed by atoms with E-state index in [9.17, 15) is 0 Å². The Morgan fingerprint density at radius 1 is 0.226 bits per heavy atom. The highest BCUT2D eigenvalue weighted by Gasteiger charge is 2.19. The number of hydrogen-bond acceptors (Lipinski definition) is 5. The molecule has 0 fully saturated rings. The Bertz CT molecular complexity index is 3140. The van der Waals surface area contributed by atoms with Gasteiger partial charge in [0.2, 0.25) is 0 Å². The van der Waals surface area contributed by atoms with Gasteiger partial charge in [-0.3, -0.25) is 0 Å². The van der Waals surface area contributed by atoms with E-state index in [4.69, 9.17) is 0 Å². The summed E-state index contributed by atoms with van der Waals surface area (Å²) in [7, 11) is 0. The van der Waals surface area contributed by atoms with Gasteiger partial charge in [0.05, 0.1) is 0 Å². The van der Waals surface area contributed by atoms with Crippen molar-refractivity contribution >= 4 is 129 Å². The summed E-state index contributed by atoms with van der Waals surface area (Å²) in [5.41, 5.74) is 6.89. The first-order chi connectivity index (χ1) is 26.2. The first-order valence-corrected chi connectivity index (χ1v) is 20.2. The van der Waals surface area contributed by atoms with Crippen LogP contribution in [0.25, 0.3) is 60.5 Å². The van der Waals surface area contributed by atoms with Crippen LogP contribution in [0.4, 0.5) is 34.1 Å². The smallest absolute Gasteiger partial charge is 0.0476 e. The lowest BCUT2D eigenvalue weighted by molar-refractivity contribution is 1.30. The Labute approximate surface area is 318 Å². The van der Waals surface area contributed by atoms with Crippen molar-refractivity contribution in [2.24, 2.45) is 0 Å². The third kappa shape index (κ3) is 5.12. The summed E-state index contributed by atoms with van der Waals surface area (Å²) in [6.45, 7) is 0. The molecule has 0 bridgehead atoms. The minimum Gasteiger partial charge on any atom is -0.310 e. The molecule has 3 heterocycles. The summed E-state index contributed by atoms with van der Waals surface area (Å²) >= 11 is 5.58. The van der Waals surface area contributed by atoms with E-state index in [2.05, 4.69) is 192 Å². The van der Waals surface area contributed by atoms with Crippen LogP contribution < -0.4 is 9.80 Å². The highest BCUT2D eigenvalue weighted by Crippen LogP contribution is 2.46. The molecule has 8 aromatic carbocycles. The summed E-state index contributed by atoms with van der Waals surface area (Å²) in [4.78, 5) is 4.78. The van der Waals surface area contributed by atoms with Gasteiger partial charge in [-0.2, -0.15) is 0 Å². The zero-order valence-corrected chi connectivity index (χ0v) is 30.9. The van der Waals surface area contributed by atoms with E-state index in [0.29, 0.717) is 0 Å². The van der Waals surface area contributed by atoms with Crippen LogP contribution in [-0.4, -0.2) is 0 Å². The lowest BCUT2D eigenvalue weighted by atomic mass is 10.1. The van der Waals surface area contributed by atoms with Gasteiger partial charge in [0.1, 0.15) is 0 Å². The van der Waals surface area contributed by atoms with E-state index < -0.39 is 0 Å². The molecular formula is C48H30N2S3. The second-order valence-corrected chi connectivity index (χ2v) is 16.6. The van der Waals surface area contributed by atoms with Crippen molar-refractivity contribution < 1.29 is 0 Å². The first-order valence-electron chi connectivity index (χ1n) is 17.7. The molecule has 0 aliphatic rings. The van der Waals surface area contributed by atoms with E-state index >= 15 is 0 Å². The summed E-state index contributed by atoms with van der Waals surface area (Å²) < 4.78 is 7.82. The number of hydrogen-bond donors (Lipinski definition) is 0. The normalized spacial score (nSPS) is 11.8.